The number of carbonyl (C=O) groups is 2. The van der Waals surface area contributed by atoms with Crippen LogP contribution in [0.5, 0.6) is 5.75 Å². The highest BCUT2D eigenvalue weighted by molar-refractivity contribution is 6.06. The van der Waals surface area contributed by atoms with Crippen LogP contribution in [0.1, 0.15) is 26.3 Å². The fraction of sp³-hybridized carbons (Fsp3) is 0.0476. The van der Waals surface area contributed by atoms with Crippen LogP contribution in [-0.2, 0) is 6.61 Å². The lowest BCUT2D eigenvalue weighted by molar-refractivity contribution is 0.0996. The molecule has 0 aliphatic carbocycles. The van der Waals surface area contributed by atoms with Crippen LogP contribution in [0.25, 0.3) is 0 Å². The van der Waals surface area contributed by atoms with Gasteiger partial charge in [0.15, 0.2) is 0 Å². The number of primary amides is 1. The zero-order valence-corrected chi connectivity index (χ0v) is 14.0. The van der Waals surface area contributed by atoms with Crippen molar-refractivity contribution in [2.24, 2.45) is 5.73 Å². The highest BCUT2D eigenvalue weighted by Gasteiger charge is 2.12. The second-order valence-corrected chi connectivity index (χ2v) is 5.67. The number of anilines is 1. The number of nitrogens with one attached hydrogen (secondary N) is 1. The number of ether oxygens (including phenoxy) is 1. The fourth-order valence-electron chi connectivity index (χ4n) is 2.43. The Morgan fingerprint density at radius 2 is 1.50 bits per heavy atom. The van der Waals surface area contributed by atoms with Crippen molar-refractivity contribution in [3.8, 4) is 5.75 Å². The summed E-state index contributed by atoms with van der Waals surface area (Å²) in [6.45, 7) is 0.272. The van der Waals surface area contributed by atoms with Crippen LogP contribution in [0.2, 0.25) is 0 Å². The molecule has 5 heteroatoms. The molecular formula is C21H18N2O3. The third kappa shape index (κ3) is 4.27. The van der Waals surface area contributed by atoms with Gasteiger partial charge >= 0.3 is 0 Å². The van der Waals surface area contributed by atoms with Crippen molar-refractivity contribution < 1.29 is 14.3 Å². The summed E-state index contributed by atoms with van der Waals surface area (Å²) in [6.07, 6.45) is 0. The molecule has 2 amide bonds. The van der Waals surface area contributed by atoms with Crippen LogP contribution in [0, 0.1) is 0 Å². The Balaban J connectivity index is 1.70. The van der Waals surface area contributed by atoms with E-state index in [4.69, 9.17) is 10.5 Å². The second kappa shape index (κ2) is 7.98. The van der Waals surface area contributed by atoms with Crippen LogP contribution < -0.4 is 15.8 Å². The summed E-state index contributed by atoms with van der Waals surface area (Å²) in [7, 11) is 0. The predicted octanol–water partition coefficient (Wildman–Crippen LogP) is 3.62. The van der Waals surface area contributed by atoms with Crippen LogP contribution in [-0.4, -0.2) is 11.8 Å². The average molecular weight is 346 g/mol. The molecule has 0 unspecified atom stereocenters. The van der Waals surface area contributed by atoms with Crippen molar-refractivity contribution in [1.29, 1.82) is 0 Å². The molecule has 0 fully saturated rings. The van der Waals surface area contributed by atoms with Gasteiger partial charge in [0.25, 0.3) is 5.91 Å². The normalized spacial score (nSPS) is 10.2. The van der Waals surface area contributed by atoms with Gasteiger partial charge in [-0.15, -0.1) is 0 Å². The van der Waals surface area contributed by atoms with Crippen LogP contribution in [0.4, 0.5) is 5.69 Å². The maximum Gasteiger partial charge on any atom is 0.259 e. The summed E-state index contributed by atoms with van der Waals surface area (Å²) in [5.74, 6) is -0.226. The van der Waals surface area contributed by atoms with Crippen molar-refractivity contribution in [3.05, 3.63) is 95.6 Å². The Morgan fingerprint density at radius 1 is 0.846 bits per heavy atom. The molecule has 0 saturated carbocycles. The summed E-state index contributed by atoms with van der Waals surface area (Å²) in [5.41, 5.74) is 7.71. The monoisotopic (exact) mass is 346 g/mol. The van der Waals surface area contributed by atoms with E-state index in [0.717, 1.165) is 5.56 Å². The SMILES string of the molecule is NC(=O)c1ccc(COc2ccccc2C(=O)Nc2ccccc2)cc1. The summed E-state index contributed by atoms with van der Waals surface area (Å²) < 4.78 is 5.81. The third-order valence-corrected chi connectivity index (χ3v) is 3.80. The molecule has 26 heavy (non-hydrogen) atoms. The molecule has 0 aliphatic heterocycles. The maximum absolute atomic E-state index is 12.5. The van der Waals surface area contributed by atoms with Gasteiger partial charge in [0.1, 0.15) is 12.4 Å². The summed E-state index contributed by atoms with van der Waals surface area (Å²) in [5, 5.41) is 2.85. The van der Waals surface area contributed by atoms with E-state index in [2.05, 4.69) is 5.32 Å². The van der Waals surface area contributed by atoms with Crippen molar-refractivity contribution in [2.75, 3.05) is 5.32 Å². The van der Waals surface area contributed by atoms with Gasteiger partial charge in [0.2, 0.25) is 5.91 Å². The van der Waals surface area contributed by atoms with E-state index in [-0.39, 0.29) is 12.5 Å². The second-order valence-electron chi connectivity index (χ2n) is 5.67. The number of amides is 2. The van der Waals surface area contributed by atoms with Crippen molar-refractivity contribution in [2.45, 2.75) is 6.61 Å². The minimum absolute atomic E-state index is 0.240. The molecule has 0 spiro atoms. The summed E-state index contributed by atoms with van der Waals surface area (Å²) >= 11 is 0. The zero-order valence-electron chi connectivity index (χ0n) is 14.0. The lowest BCUT2D eigenvalue weighted by Crippen LogP contribution is -2.13. The van der Waals surface area contributed by atoms with E-state index in [1.54, 1.807) is 42.5 Å². The van der Waals surface area contributed by atoms with E-state index < -0.39 is 5.91 Å². The van der Waals surface area contributed by atoms with Gasteiger partial charge in [-0.3, -0.25) is 9.59 Å². The quantitative estimate of drug-likeness (QED) is 0.715. The molecule has 0 aliphatic rings. The molecule has 3 N–H and O–H groups in total. The fourth-order valence-corrected chi connectivity index (χ4v) is 2.43. The number of carbonyl (C=O) groups excluding carboxylic acids is 2. The topological polar surface area (TPSA) is 81.4 Å². The number of nitrogens with two attached hydrogens (primary N) is 1. The molecule has 0 heterocycles. The number of benzene rings is 3. The minimum atomic E-state index is -0.472. The van der Waals surface area contributed by atoms with Gasteiger partial charge in [0.05, 0.1) is 5.56 Å². The highest BCUT2D eigenvalue weighted by atomic mass is 16.5. The Bertz CT molecular complexity index is 906. The first kappa shape index (κ1) is 17.2. The van der Waals surface area contributed by atoms with Gasteiger partial charge < -0.3 is 15.8 Å². The number of hydrogen-bond acceptors (Lipinski definition) is 3. The van der Waals surface area contributed by atoms with Crippen molar-refractivity contribution in [1.82, 2.24) is 0 Å². The summed E-state index contributed by atoms with van der Waals surface area (Å²) in [6, 6.07) is 23.1. The largest absolute Gasteiger partial charge is 0.488 e. The highest BCUT2D eigenvalue weighted by Crippen LogP contribution is 2.21. The van der Waals surface area contributed by atoms with Crippen molar-refractivity contribution in [3.63, 3.8) is 0 Å². The Morgan fingerprint density at radius 3 is 2.19 bits per heavy atom. The maximum atomic E-state index is 12.5. The molecule has 0 bridgehead atoms. The van der Waals surface area contributed by atoms with E-state index >= 15 is 0 Å². The first-order valence-electron chi connectivity index (χ1n) is 8.10. The minimum Gasteiger partial charge on any atom is -0.488 e. The van der Waals surface area contributed by atoms with Crippen LogP contribution in [0.15, 0.2) is 78.9 Å². The molecule has 130 valence electrons. The first-order valence-corrected chi connectivity index (χ1v) is 8.10. The van der Waals surface area contributed by atoms with E-state index in [9.17, 15) is 9.59 Å². The van der Waals surface area contributed by atoms with Gasteiger partial charge in [0, 0.05) is 11.3 Å². The lowest BCUT2D eigenvalue weighted by atomic mass is 10.1. The Kier molecular flexibility index (Phi) is 5.29. The molecule has 3 rings (SSSR count). The van der Waals surface area contributed by atoms with Gasteiger partial charge in [-0.05, 0) is 42.0 Å². The molecule has 3 aromatic rings. The first-order chi connectivity index (χ1) is 12.6. The average Bonchev–Trinajstić information content (AvgIpc) is 2.67. The molecule has 0 radical (unpaired) electrons. The molecule has 0 saturated heterocycles. The standard InChI is InChI=1S/C21H18N2O3/c22-20(24)16-12-10-15(11-13-16)14-26-19-9-5-4-8-18(19)21(25)23-17-6-2-1-3-7-17/h1-13H,14H2,(H2,22,24)(H,23,25). The number of hydrogen-bond donors (Lipinski definition) is 2. The third-order valence-electron chi connectivity index (χ3n) is 3.80. The Labute approximate surface area is 151 Å². The van der Waals surface area contributed by atoms with Crippen LogP contribution >= 0.6 is 0 Å². The predicted molar refractivity (Wildman–Crippen MR) is 100 cm³/mol. The van der Waals surface area contributed by atoms with E-state index in [1.807, 2.05) is 36.4 Å². The number of para-hydroxylation sites is 2. The van der Waals surface area contributed by atoms with E-state index in [0.29, 0.717) is 22.6 Å². The van der Waals surface area contributed by atoms with Crippen molar-refractivity contribution >= 4 is 17.5 Å². The van der Waals surface area contributed by atoms with Crippen LogP contribution in [0.3, 0.4) is 0 Å². The van der Waals surface area contributed by atoms with Gasteiger partial charge in [-0.2, -0.15) is 0 Å². The Hall–Kier alpha value is -3.60. The molecular weight excluding hydrogens is 328 g/mol. The molecule has 0 atom stereocenters. The molecule has 5 nitrogen and oxygen atoms in total. The lowest BCUT2D eigenvalue weighted by Gasteiger charge is -2.12. The summed E-state index contributed by atoms with van der Waals surface area (Å²) in [4.78, 5) is 23.6. The van der Waals surface area contributed by atoms with Gasteiger partial charge in [-0.25, -0.2) is 0 Å². The number of rotatable bonds is 6. The molecule has 0 aromatic heterocycles. The zero-order chi connectivity index (χ0) is 18.4. The van der Waals surface area contributed by atoms with Gasteiger partial charge in [-0.1, -0.05) is 42.5 Å². The molecule has 3 aromatic carbocycles. The van der Waals surface area contributed by atoms with E-state index in [1.165, 1.54) is 0 Å². The smallest absolute Gasteiger partial charge is 0.259 e.